The number of allylic oxidation sites excluding steroid dienone is 1. The van der Waals surface area contributed by atoms with Gasteiger partial charge in [-0.05, 0) is 62.6 Å². The molecule has 14 heteroatoms. The maximum absolute atomic E-state index is 13.4. The third-order valence-electron chi connectivity index (χ3n) is 6.99. The number of carbonyl (C=O) groups is 1. The van der Waals surface area contributed by atoms with E-state index < -0.39 is 5.60 Å². The van der Waals surface area contributed by atoms with Crippen molar-refractivity contribution in [3.63, 3.8) is 0 Å². The van der Waals surface area contributed by atoms with Gasteiger partial charge >= 0.3 is 6.09 Å². The van der Waals surface area contributed by atoms with E-state index in [1.165, 1.54) is 36.8 Å². The maximum atomic E-state index is 13.4. The molecule has 2 aromatic carbocycles. The molecule has 45 heavy (non-hydrogen) atoms. The number of rotatable bonds is 8. The van der Waals surface area contributed by atoms with Crippen LogP contribution >= 0.6 is 0 Å². The molecule has 0 spiro atoms. The van der Waals surface area contributed by atoms with Crippen molar-refractivity contribution in [2.24, 2.45) is 11.6 Å². The number of hydrogen-bond acceptors (Lipinski definition) is 10. The van der Waals surface area contributed by atoms with Gasteiger partial charge in [-0.15, -0.1) is 0 Å². The minimum Gasteiger partial charge on any atom is -0.444 e. The number of piperazine rings is 1. The first kappa shape index (κ1) is 34.8. The summed E-state index contributed by atoms with van der Waals surface area (Å²) in [5.41, 5.74) is 16.2. The minimum absolute atomic E-state index is 0.0156. The quantitative estimate of drug-likeness (QED) is 0.162. The van der Waals surface area contributed by atoms with E-state index in [2.05, 4.69) is 20.6 Å². The Hall–Kier alpha value is -4.69. The molecule has 0 saturated carbocycles. The van der Waals surface area contributed by atoms with Crippen molar-refractivity contribution in [3.8, 4) is 0 Å². The molecule has 1 fully saturated rings. The van der Waals surface area contributed by atoms with E-state index in [-0.39, 0.29) is 35.1 Å². The lowest BCUT2D eigenvalue weighted by molar-refractivity contribution is 0.0102. The van der Waals surface area contributed by atoms with Crippen LogP contribution in [0.15, 0.2) is 66.8 Å². The summed E-state index contributed by atoms with van der Waals surface area (Å²) in [6.45, 7) is 8.37. The summed E-state index contributed by atoms with van der Waals surface area (Å²) in [5, 5.41) is 10.7. The number of nitrogens with one attached hydrogen (secondary N) is 3. The summed E-state index contributed by atoms with van der Waals surface area (Å²) in [7, 11) is 1.68. The van der Waals surface area contributed by atoms with Crippen LogP contribution in [0.2, 0.25) is 0 Å². The Balaban J connectivity index is 0.000000292. The normalized spacial score (nSPS) is 14.6. The van der Waals surface area contributed by atoms with Gasteiger partial charge in [0.25, 0.3) is 0 Å². The van der Waals surface area contributed by atoms with Crippen molar-refractivity contribution < 1.29 is 18.3 Å². The van der Waals surface area contributed by atoms with Crippen LogP contribution in [-0.4, -0.2) is 64.3 Å². The second kappa shape index (κ2) is 15.9. The number of ether oxygens (including phenoxy) is 1. The molecular formula is C31H44F2N10O2. The Morgan fingerprint density at radius 1 is 1.07 bits per heavy atom. The lowest BCUT2D eigenvalue weighted by Crippen LogP contribution is -2.51. The summed E-state index contributed by atoms with van der Waals surface area (Å²) >= 11 is 0. The van der Waals surface area contributed by atoms with Crippen LogP contribution in [0.3, 0.4) is 0 Å². The highest BCUT2D eigenvalue weighted by Gasteiger charge is 2.29. The molecule has 3 aromatic rings. The number of hydrazine groups is 1. The van der Waals surface area contributed by atoms with E-state index >= 15 is 0 Å². The van der Waals surface area contributed by atoms with Gasteiger partial charge in [0.1, 0.15) is 22.9 Å². The topological polar surface area (TPSA) is 177 Å². The van der Waals surface area contributed by atoms with Crippen LogP contribution < -0.4 is 33.5 Å². The van der Waals surface area contributed by atoms with Gasteiger partial charge < -0.3 is 36.4 Å². The molecule has 4 rings (SSSR count). The van der Waals surface area contributed by atoms with Crippen LogP contribution in [0, 0.1) is 17.0 Å². The Labute approximate surface area is 262 Å². The Morgan fingerprint density at radius 3 is 2.18 bits per heavy atom. The summed E-state index contributed by atoms with van der Waals surface area (Å²) in [6, 6.07) is 13.0. The molecular weight excluding hydrogens is 582 g/mol. The first-order valence-electron chi connectivity index (χ1n) is 14.5. The largest absolute Gasteiger partial charge is 0.444 e. The first-order valence-corrected chi connectivity index (χ1v) is 14.5. The highest BCUT2D eigenvalue weighted by molar-refractivity contribution is 5.68. The second-order valence-electron chi connectivity index (χ2n) is 11.5. The molecule has 2 heterocycles. The molecule has 1 atom stereocenters. The Bertz CT molecular complexity index is 1480. The summed E-state index contributed by atoms with van der Waals surface area (Å²) in [6.07, 6.45) is 3.28. The zero-order chi connectivity index (χ0) is 33.1. The minimum atomic E-state index is -0.520. The van der Waals surface area contributed by atoms with Crippen LogP contribution in [0.1, 0.15) is 37.9 Å². The Kier molecular flexibility index (Phi) is 12.3. The fourth-order valence-corrected chi connectivity index (χ4v) is 4.76. The van der Waals surface area contributed by atoms with Crippen molar-refractivity contribution in [2.45, 2.75) is 45.4 Å². The molecule has 1 aliphatic heterocycles. The summed E-state index contributed by atoms with van der Waals surface area (Å²) < 4.78 is 33.7. The number of carbonyl (C=O) groups excluding carboxylic acids is 1. The summed E-state index contributed by atoms with van der Waals surface area (Å²) in [4.78, 5) is 20.3. The predicted molar refractivity (Wildman–Crippen MR) is 170 cm³/mol. The average molecular weight is 627 g/mol. The molecule has 1 aliphatic rings. The van der Waals surface area contributed by atoms with Crippen molar-refractivity contribution in [3.05, 3.63) is 95.0 Å². The van der Waals surface area contributed by atoms with Gasteiger partial charge in [-0.1, -0.05) is 24.3 Å². The van der Waals surface area contributed by atoms with E-state index in [0.29, 0.717) is 50.5 Å². The van der Waals surface area contributed by atoms with Gasteiger partial charge in [0, 0.05) is 51.2 Å². The van der Waals surface area contributed by atoms with E-state index in [9.17, 15) is 13.6 Å². The molecule has 0 radical (unpaired) electrons. The van der Waals surface area contributed by atoms with Crippen molar-refractivity contribution in [1.82, 2.24) is 24.8 Å². The molecule has 9 N–H and O–H groups in total. The monoisotopic (exact) mass is 626 g/mol. The van der Waals surface area contributed by atoms with Crippen LogP contribution in [0.5, 0.6) is 0 Å². The molecule has 1 saturated heterocycles. The third-order valence-corrected chi connectivity index (χ3v) is 6.99. The van der Waals surface area contributed by atoms with E-state index in [0.717, 1.165) is 11.1 Å². The number of aromatic nitrogens is 2. The standard InChI is InChI=1S/C23H28F2N2O2.C8H16N8/c1-23(2,3)29-22(28)27-14-12-26(13-15-27)21(18-6-10-20(25)11-7-18)16-17-4-8-19(24)9-5-17;1-13-6-7(10)14-4-16(8(6)11)3-5(9)2-15-12/h4-11,21H,12-16H2,1-3H3;2,4,11,13,15H,3,9-10,12H2,1H3/b;5-2-,11-8?. The van der Waals surface area contributed by atoms with Gasteiger partial charge in [-0.25, -0.2) is 18.6 Å². The van der Waals surface area contributed by atoms with Crippen molar-refractivity contribution in [2.75, 3.05) is 44.3 Å². The highest BCUT2D eigenvalue weighted by Crippen LogP contribution is 2.27. The maximum Gasteiger partial charge on any atom is 0.410 e. The van der Waals surface area contributed by atoms with Gasteiger partial charge in [-0.2, -0.15) is 0 Å². The average Bonchev–Trinajstić information content (AvgIpc) is 2.99. The van der Waals surface area contributed by atoms with E-state index in [1.807, 2.05) is 20.8 Å². The number of halogens is 2. The molecule has 12 nitrogen and oxygen atoms in total. The van der Waals surface area contributed by atoms with Crippen LogP contribution in [-0.2, 0) is 17.7 Å². The SMILES string of the molecule is CC(C)(C)OC(=O)N1CCN(C(Cc2ccc(F)cc2)c2ccc(F)cc2)CC1.CNc1c(N)ncn(C/C(N)=C/NN)c1=N. The number of hydrogen-bond donors (Lipinski definition) is 6. The van der Waals surface area contributed by atoms with E-state index in [4.69, 9.17) is 27.5 Å². The number of anilines is 2. The zero-order valence-corrected chi connectivity index (χ0v) is 26.2. The first-order chi connectivity index (χ1) is 21.3. The third kappa shape index (κ3) is 10.5. The second-order valence-corrected chi connectivity index (χ2v) is 11.5. The molecule has 0 aliphatic carbocycles. The highest BCUT2D eigenvalue weighted by atomic mass is 19.1. The fraction of sp³-hybridized carbons (Fsp3) is 0.387. The van der Waals surface area contributed by atoms with Gasteiger partial charge in [-0.3, -0.25) is 16.2 Å². The summed E-state index contributed by atoms with van der Waals surface area (Å²) in [5.74, 6) is 4.83. The zero-order valence-electron chi connectivity index (χ0n) is 26.2. The fourth-order valence-electron chi connectivity index (χ4n) is 4.76. The molecule has 1 amide bonds. The molecule has 1 unspecified atom stereocenters. The van der Waals surface area contributed by atoms with Gasteiger partial charge in [0.15, 0.2) is 11.3 Å². The lowest BCUT2D eigenvalue weighted by atomic mass is 9.96. The smallest absolute Gasteiger partial charge is 0.410 e. The van der Waals surface area contributed by atoms with Gasteiger partial charge in [0.05, 0.1) is 12.9 Å². The lowest BCUT2D eigenvalue weighted by Gasteiger charge is -2.40. The predicted octanol–water partition coefficient (Wildman–Crippen LogP) is 3.05. The van der Waals surface area contributed by atoms with E-state index in [1.54, 1.807) is 40.8 Å². The number of nitrogens with two attached hydrogens (primary N) is 3. The van der Waals surface area contributed by atoms with Crippen LogP contribution in [0.25, 0.3) is 0 Å². The molecule has 244 valence electrons. The number of benzene rings is 2. The molecule has 1 aromatic heterocycles. The number of nitrogen functional groups attached to an aromatic ring is 1. The van der Waals surface area contributed by atoms with Gasteiger partial charge in [0.2, 0.25) is 0 Å². The molecule has 0 bridgehead atoms. The number of amides is 1. The van der Waals surface area contributed by atoms with Crippen molar-refractivity contribution >= 4 is 17.6 Å². The number of nitrogens with zero attached hydrogens (tertiary/aromatic N) is 4. The van der Waals surface area contributed by atoms with Crippen molar-refractivity contribution in [1.29, 1.82) is 5.41 Å². The van der Waals surface area contributed by atoms with Crippen LogP contribution in [0.4, 0.5) is 25.1 Å². The Morgan fingerprint density at radius 2 is 1.64 bits per heavy atom.